The van der Waals surface area contributed by atoms with E-state index in [-0.39, 0.29) is 17.9 Å². The maximum atomic E-state index is 11.6. The lowest BCUT2D eigenvalue weighted by Gasteiger charge is -2.19. The van der Waals surface area contributed by atoms with Crippen molar-refractivity contribution >= 4 is 23.3 Å². The number of ether oxygens (including phenoxy) is 1. The van der Waals surface area contributed by atoms with Crippen LogP contribution >= 0.6 is 11.6 Å². The highest BCUT2D eigenvalue weighted by molar-refractivity contribution is 6.30. The normalized spacial score (nSPS) is 20.0. The molecule has 0 saturated carbocycles. The van der Waals surface area contributed by atoms with Gasteiger partial charge in [-0.1, -0.05) is 23.7 Å². The Kier molecular flexibility index (Phi) is 4.90. The largest absolute Gasteiger partial charge is 0.497 e. The first-order valence-corrected chi connectivity index (χ1v) is 8.22. The lowest BCUT2D eigenvalue weighted by molar-refractivity contribution is -0.119. The quantitative estimate of drug-likeness (QED) is 0.925. The van der Waals surface area contributed by atoms with Crippen LogP contribution in [0.3, 0.4) is 0 Å². The summed E-state index contributed by atoms with van der Waals surface area (Å²) in [6, 6.07) is 11.8. The molecule has 2 atom stereocenters. The van der Waals surface area contributed by atoms with Crippen LogP contribution in [0.25, 0.3) is 0 Å². The molecule has 1 aliphatic heterocycles. The summed E-state index contributed by atoms with van der Waals surface area (Å²) < 4.78 is 5.22. The summed E-state index contributed by atoms with van der Waals surface area (Å²) in [5, 5.41) is 3.68. The smallest absolute Gasteiger partial charge is 0.217 e. The third-order valence-corrected chi connectivity index (χ3v) is 4.51. The van der Waals surface area contributed by atoms with E-state index in [4.69, 9.17) is 16.3 Å². The number of hydrogen-bond donors (Lipinski definition) is 1. The van der Waals surface area contributed by atoms with Crippen molar-refractivity contribution in [1.82, 2.24) is 10.3 Å². The van der Waals surface area contributed by atoms with E-state index >= 15 is 0 Å². The topological polar surface area (TPSA) is 54.5 Å². The summed E-state index contributed by atoms with van der Waals surface area (Å²) in [6.45, 7) is 3.05. The zero-order valence-electron chi connectivity index (χ0n) is 13.7. The van der Waals surface area contributed by atoms with Crippen LogP contribution in [0, 0.1) is 0 Å². The second-order valence-corrected chi connectivity index (χ2v) is 6.36. The van der Waals surface area contributed by atoms with Crippen molar-refractivity contribution in [3.8, 4) is 5.75 Å². The number of aromatic nitrogens is 1. The summed E-state index contributed by atoms with van der Waals surface area (Å²) in [4.78, 5) is 18.1. The Hall–Kier alpha value is -2.27. The monoisotopic (exact) mass is 345 g/mol. The van der Waals surface area contributed by atoms with E-state index in [0.717, 1.165) is 18.1 Å². The molecule has 2 heterocycles. The molecule has 0 spiro atoms. The van der Waals surface area contributed by atoms with Gasteiger partial charge in [-0.3, -0.25) is 4.79 Å². The number of nitrogens with zero attached hydrogens (tertiary/aromatic N) is 2. The number of carbonyl (C=O) groups excluding carboxylic acids is 1. The Labute approximate surface area is 146 Å². The Balaban J connectivity index is 1.84. The van der Waals surface area contributed by atoms with Crippen LogP contribution in [-0.4, -0.2) is 37.1 Å². The van der Waals surface area contributed by atoms with E-state index in [2.05, 4.69) is 27.3 Å². The number of anilines is 1. The van der Waals surface area contributed by atoms with Gasteiger partial charge < -0.3 is 15.0 Å². The molecule has 0 aliphatic carbocycles. The number of hydrogen-bond acceptors (Lipinski definition) is 4. The SMILES string of the molecule is COc1ccc([C@@H]2CN(c3ccc(Cl)cn3)C[C@H]2NC(C)=O)cc1. The van der Waals surface area contributed by atoms with Crippen molar-refractivity contribution in [2.45, 2.75) is 18.9 Å². The van der Waals surface area contributed by atoms with E-state index in [1.165, 1.54) is 5.56 Å². The first kappa shape index (κ1) is 16.6. The third kappa shape index (κ3) is 3.62. The Morgan fingerprint density at radius 3 is 2.58 bits per heavy atom. The molecule has 3 rings (SSSR count). The minimum atomic E-state index is -0.0237. The van der Waals surface area contributed by atoms with Crippen molar-refractivity contribution in [1.29, 1.82) is 0 Å². The molecule has 5 nitrogen and oxygen atoms in total. The van der Waals surface area contributed by atoms with Gasteiger partial charge in [0.05, 0.1) is 18.2 Å². The molecular weight excluding hydrogens is 326 g/mol. The second-order valence-electron chi connectivity index (χ2n) is 5.93. The summed E-state index contributed by atoms with van der Waals surface area (Å²) >= 11 is 5.92. The third-order valence-electron chi connectivity index (χ3n) is 4.29. The number of methoxy groups -OCH3 is 1. The fourth-order valence-electron chi connectivity index (χ4n) is 3.14. The van der Waals surface area contributed by atoms with Crippen molar-refractivity contribution < 1.29 is 9.53 Å². The number of pyridine rings is 1. The average molecular weight is 346 g/mol. The van der Waals surface area contributed by atoms with Gasteiger partial charge in [-0.05, 0) is 29.8 Å². The number of rotatable bonds is 4. The lowest BCUT2D eigenvalue weighted by atomic mass is 9.94. The van der Waals surface area contributed by atoms with E-state index in [1.54, 1.807) is 20.2 Å². The van der Waals surface area contributed by atoms with Gasteiger partial charge in [0.25, 0.3) is 0 Å². The predicted octanol–water partition coefficient (Wildman–Crippen LogP) is 2.85. The highest BCUT2D eigenvalue weighted by Gasteiger charge is 2.35. The van der Waals surface area contributed by atoms with Crippen LogP contribution in [0.4, 0.5) is 5.82 Å². The average Bonchev–Trinajstić information content (AvgIpc) is 2.98. The number of nitrogens with one attached hydrogen (secondary N) is 1. The highest BCUT2D eigenvalue weighted by atomic mass is 35.5. The number of benzene rings is 1. The van der Waals surface area contributed by atoms with Crippen molar-refractivity contribution in [3.05, 3.63) is 53.2 Å². The van der Waals surface area contributed by atoms with E-state index in [9.17, 15) is 4.79 Å². The van der Waals surface area contributed by atoms with E-state index in [0.29, 0.717) is 11.6 Å². The summed E-state index contributed by atoms with van der Waals surface area (Å²) in [7, 11) is 1.65. The van der Waals surface area contributed by atoms with Gasteiger partial charge in [0.15, 0.2) is 0 Å². The van der Waals surface area contributed by atoms with Gasteiger partial charge in [0.1, 0.15) is 11.6 Å². The highest BCUT2D eigenvalue weighted by Crippen LogP contribution is 2.31. The predicted molar refractivity (Wildman–Crippen MR) is 94.8 cm³/mol. The van der Waals surface area contributed by atoms with Gasteiger partial charge >= 0.3 is 0 Å². The molecule has 0 bridgehead atoms. The first-order valence-electron chi connectivity index (χ1n) is 7.84. The van der Waals surface area contributed by atoms with Crippen LogP contribution in [0.2, 0.25) is 5.02 Å². The van der Waals surface area contributed by atoms with Crippen molar-refractivity contribution in [3.63, 3.8) is 0 Å². The van der Waals surface area contributed by atoms with Crippen molar-refractivity contribution in [2.24, 2.45) is 0 Å². The minimum absolute atomic E-state index is 0.0237. The molecule has 1 aromatic carbocycles. The maximum absolute atomic E-state index is 11.6. The van der Waals surface area contributed by atoms with Gasteiger partial charge in [-0.2, -0.15) is 0 Å². The molecule has 24 heavy (non-hydrogen) atoms. The molecule has 1 N–H and O–H groups in total. The molecule has 6 heteroatoms. The Morgan fingerprint density at radius 2 is 2.00 bits per heavy atom. The minimum Gasteiger partial charge on any atom is -0.497 e. The Bertz CT molecular complexity index is 703. The molecule has 1 aromatic heterocycles. The van der Waals surface area contributed by atoms with Gasteiger partial charge in [0.2, 0.25) is 5.91 Å². The number of halogens is 1. The molecule has 1 saturated heterocycles. The van der Waals surface area contributed by atoms with Gasteiger partial charge in [0, 0.05) is 32.1 Å². The van der Waals surface area contributed by atoms with Crippen LogP contribution in [0.15, 0.2) is 42.6 Å². The van der Waals surface area contributed by atoms with Crippen molar-refractivity contribution in [2.75, 3.05) is 25.1 Å². The van der Waals surface area contributed by atoms with Crippen LogP contribution in [0.5, 0.6) is 5.75 Å². The van der Waals surface area contributed by atoms with Gasteiger partial charge in [-0.25, -0.2) is 4.98 Å². The van der Waals surface area contributed by atoms with Gasteiger partial charge in [-0.15, -0.1) is 0 Å². The standard InChI is InChI=1S/C18H20ClN3O2/c1-12(23)21-17-11-22(18-8-5-14(19)9-20-18)10-16(17)13-3-6-15(24-2)7-4-13/h3-9,16-17H,10-11H2,1-2H3,(H,21,23)/t16-,17+/m0/s1. The molecule has 1 amide bonds. The summed E-state index contributed by atoms with van der Waals surface area (Å²) in [5.74, 6) is 1.86. The fraction of sp³-hybridized carbons (Fsp3) is 0.333. The molecule has 126 valence electrons. The zero-order valence-corrected chi connectivity index (χ0v) is 14.5. The van der Waals surface area contributed by atoms with E-state index < -0.39 is 0 Å². The molecule has 0 radical (unpaired) electrons. The molecule has 0 unspecified atom stereocenters. The summed E-state index contributed by atoms with van der Waals surface area (Å²) in [6.07, 6.45) is 1.64. The number of amides is 1. The molecular formula is C18H20ClN3O2. The van der Waals surface area contributed by atoms with Crippen LogP contribution in [0.1, 0.15) is 18.4 Å². The zero-order chi connectivity index (χ0) is 17.1. The lowest BCUT2D eigenvalue weighted by Crippen LogP contribution is -2.38. The second kappa shape index (κ2) is 7.09. The number of carbonyl (C=O) groups is 1. The maximum Gasteiger partial charge on any atom is 0.217 e. The summed E-state index contributed by atoms with van der Waals surface area (Å²) in [5.41, 5.74) is 1.17. The molecule has 2 aromatic rings. The van der Waals surface area contributed by atoms with E-state index in [1.807, 2.05) is 24.3 Å². The first-order chi connectivity index (χ1) is 11.6. The fourth-order valence-corrected chi connectivity index (χ4v) is 3.25. The Morgan fingerprint density at radius 1 is 1.25 bits per heavy atom. The molecule has 1 fully saturated rings. The molecule has 1 aliphatic rings. The van der Waals surface area contributed by atoms with Crippen LogP contribution < -0.4 is 15.0 Å². The van der Waals surface area contributed by atoms with Crippen LogP contribution in [-0.2, 0) is 4.79 Å².